The molecule has 0 aliphatic carbocycles. The molecule has 1 N–H and O–H groups in total. The van der Waals surface area contributed by atoms with E-state index in [1.165, 1.54) is 17.0 Å². The number of anilines is 2. The van der Waals surface area contributed by atoms with Crippen LogP contribution in [0, 0.1) is 0 Å². The van der Waals surface area contributed by atoms with Crippen LogP contribution < -0.4 is 15.0 Å². The maximum atomic E-state index is 12.0. The Labute approximate surface area is 138 Å². The van der Waals surface area contributed by atoms with Crippen molar-refractivity contribution in [1.82, 2.24) is 15.1 Å². The van der Waals surface area contributed by atoms with Gasteiger partial charge in [0.15, 0.2) is 0 Å². The average molecular weight is 333 g/mol. The lowest BCUT2D eigenvalue weighted by Gasteiger charge is -2.35. The molecule has 1 aromatic heterocycles. The number of ether oxygens (including phenoxy) is 1. The summed E-state index contributed by atoms with van der Waals surface area (Å²) in [4.78, 5) is 16.4. The molecule has 23 heavy (non-hydrogen) atoms. The molecule has 0 saturated carbocycles. The smallest absolute Gasteiger partial charge is 0.240 e. The number of carbonyl (C=O) groups excluding carboxylic acids is 1. The Morgan fingerprint density at radius 3 is 2.61 bits per heavy atom. The van der Waals surface area contributed by atoms with Crippen molar-refractivity contribution in [1.29, 1.82) is 0 Å². The number of nitrogens with one attached hydrogen (secondary N) is 1. The number of piperazine rings is 1. The number of methoxy groups -OCH3 is 1. The first-order valence-corrected chi connectivity index (χ1v) is 8.30. The number of rotatable bonds is 5. The Bertz CT molecular complexity index is 624. The fourth-order valence-corrected chi connectivity index (χ4v) is 3.01. The van der Waals surface area contributed by atoms with Crippen LogP contribution in [0.25, 0.3) is 0 Å². The van der Waals surface area contributed by atoms with E-state index in [2.05, 4.69) is 37.4 Å². The van der Waals surface area contributed by atoms with Gasteiger partial charge < -0.3 is 9.64 Å². The number of nitrogens with zero attached hydrogens (tertiary/aromatic N) is 4. The summed E-state index contributed by atoms with van der Waals surface area (Å²) >= 11 is 1.32. The maximum absolute atomic E-state index is 12.0. The summed E-state index contributed by atoms with van der Waals surface area (Å²) in [6.45, 7) is 3.90. The molecule has 7 nitrogen and oxygen atoms in total. The van der Waals surface area contributed by atoms with E-state index >= 15 is 0 Å². The van der Waals surface area contributed by atoms with Gasteiger partial charge in [-0.25, -0.2) is 0 Å². The van der Waals surface area contributed by atoms with Gasteiger partial charge in [0.05, 0.1) is 13.7 Å². The van der Waals surface area contributed by atoms with Crippen molar-refractivity contribution in [3.8, 4) is 5.75 Å². The van der Waals surface area contributed by atoms with Crippen LogP contribution in [0.15, 0.2) is 29.8 Å². The van der Waals surface area contributed by atoms with Crippen LogP contribution in [-0.2, 0) is 4.79 Å². The van der Waals surface area contributed by atoms with E-state index in [-0.39, 0.29) is 5.91 Å². The molecule has 1 aliphatic rings. The van der Waals surface area contributed by atoms with Gasteiger partial charge in [-0.1, -0.05) is 11.3 Å². The highest BCUT2D eigenvalue weighted by Crippen LogP contribution is 2.20. The van der Waals surface area contributed by atoms with Gasteiger partial charge in [-0.05, 0) is 24.3 Å². The summed E-state index contributed by atoms with van der Waals surface area (Å²) < 4.78 is 5.18. The van der Waals surface area contributed by atoms with Crippen molar-refractivity contribution in [2.75, 3.05) is 50.1 Å². The van der Waals surface area contributed by atoms with Crippen LogP contribution in [-0.4, -0.2) is 60.8 Å². The minimum atomic E-state index is -0.0420. The molecule has 0 radical (unpaired) electrons. The Kier molecular flexibility index (Phi) is 5.04. The van der Waals surface area contributed by atoms with E-state index in [0.29, 0.717) is 11.7 Å². The summed E-state index contributed by atoms with van der Waals surface area (Å²) in [5.41, 5.74) is 2.78. The van der Waals surface area contributed by atoms with Crippen LogP contribution in [0.4, 0.5) is 10.8 Å². The van der Waals surface area contributed by atoms with Crippen molar-refractivity contribution in [2.24, 2.45) is 0 Å². The first-order chi connectivity index (χ1) is 11.2. The first-order valence-electron chi connectivity index (χ1n) is 7.42. The second kappa shape index (κ2) is 7.38. The van der Waals surface area contributed by atoms with Crippen molar-refractivity contribution < 1.29 is 9.53 Å². The molecule has 0 unspecified atom stereocenters. The van der Waals surface area contributed by atoms with Crippen LogP contribution in [0.5, 0.6) is 5.75 Å². The minimum Gasteiger partial charge on any atom is -0.497 e. The fraction of sp³-hybridized carbons (Fsp3) is 0.400. The molecule has 1 aromatic carbocycles. The molecule has 0 bridgehead atoms. The second-order valence-corrected chi connectivity index (χ2v) is 6.09. The molecule has 1 fully saturated rings. The van der Waals surface area contributed by atoms with E-state index < -0.39 is 0 Å². The Morgan fingerprint density at radius 1 is 1.26 bits per heavy atom. The Morgan fingerprint density at radius 2 is 2.00 bits per heavy atom. The molecule has 0 spiro atoms. The molecule has 8 heteroatoms. The van der Waals surface area contributed by atoms with Crippen molar-refractivity contribution >= 4 is 28.1 Å². The molecule has 2 aromatic rings. The quantitative estimate of drug-likeness (QED) is 0.889. The zero-order valence-electron chi connectivity index (χ0n) is 12.9. The maximum Gasteiger partial charge on any atom is 0.240 e. The molecule has 3 rings (SSSR count). The van der Waals surface area contributed by atoms with Gasteiger partial charge in [0.1, 0.15) is 11.3 Å². The zero-order chi connectivity index (χ0) is 16.1. The third-order valence-electron chi connectivity index (χ3n) is 3.78. The SMILES string of the molecule is COc1ccc(N2CCN(CC(=O)Nc3nncs3)CC2)cc1. The number of carbonyl (C=O) groups is 1. The largest absolute Gasteiger partial charge is 0.497 e. The zero-order valence-corrected chi connectivity index (χ0v) is 13.8. The number of hydrogen-bond acceptors (Lipinski definition) is 7. The predicted molar refractivity (Wildman–Crippen MR) is 90.2 cm³/mol. The van der Waals surface area contributed by atoms with Crippen LogP contribution >= 0.6 is 11.3 Å². The van der Waals surface area contributed by atoms with Crippen molar-refractivity contribution in [2.45, 2.75) is 0 Å². The summed E-state index contributed by atoms with van der Waals surface area (Å²) in [6.07, 6.45) is 0. The summed E-state index contributed by atoms with van der Waals surface area (Å²) in [5.74, 6) is 0.820. The van der Waals surface area contributed by atoms with E-state index in [4.69, 9.17) is 4.74 Å². The van der Waals surface area contributed by atoms with Gasteiger partial charge >= 0.3 is 0 Å². The minimum absolute atomic E-state index is 0.0420. The highest BCUT2D eigenvalue weighted by Gasteiger charge is 2.19. The van der Waals surface area contributed by atoms with Crippen LogP contribution in [0.2, 0.25) is 0 Å². The van der Waals surface area contributed by atoms with Gasteiger partial charge in [-0.15, -0.1) is 10.2 Å². The molecule has 0 atom stereocenters. The molecule has 2 heterocycles. The van der Waals surface area contributed by atoms with Gasteiger partial charge in [-0.2, -0.15) is 0 Å². The predicted octanol–water partition coefficient (Wildman–Crippen LogP) is 1.31. The Hall–Kier alpha value is -2.19. The van der Waals surface area contributed by atoms with Crippen LogP contribution in [0.3, 0.4) is 0 Å². The van der Waals surface area contributed by atoms with E-state index in [1.54, 1.807) is 12.6 Å². The van der Waals surface area contributed by atoms with Gasteiger partial charge in [0.25, 0.3) is 0 Å². The number of benzene rings is 1. The van der Waals surface area contributed by atoms with E-state index in [9.17, 15) is 4.79 Å². The molecule has 1 aliphatic heterocycles. The van der Waals surface area contributed by atoms with Crippen molar-refractivity contribution in [3.05, 3.63) is 29.8 Å². The molecular weight excluding hydrogens is 314 g/mol. The molecule has 1 amide bonds. The highest BCUT2D eigenvalue weighted by atomic mass is 32.1. The molecule has 122 valence electrons. The summed E-state index contributed by atoms with van der Waals surface area (Å²) in [6, 6.07) is 8.07. The van der Waals surface area contributed by atoms with Crippen LogP contribution in [0.1, 0.15) is 0 Å². The first kappa shape index (κ1) is 15.7. The number of aromatic nitrogens is 2. The fourth-order valence-electron chi connectivity index (χ4n) is 2.55. The molecule has 1 saturated heterocycles. The van der Waals surface area contributed by atoms with E-state index in [0.717, 1.165) is 31.9 Å². The highest BCUT2D eigenvalue weighted by molar-refractivity contribution is 7.13. The average Bonchev–Trinajstić information content (AvgIpc) is 3.08. The molecular formula is C15H19N5O2S. The van der Waals surface area contributed by atoms with E-state index in [1.807, 2.05) is 12.1 Å². The standard InChI is InChI=1S/C15H19N5O2S/c1-22-13-4-2-12(3-5-13)20-8-6-19(7-9-20)10-14(21)17-15-18-16-11-23-15/h2-5,11H,6-10H2,1H3,(H,17,18,21). The van der Waals surface area contributed by atoms with Gasteiger partial charge in [-0.3, -0.25) is 15.0 Å². The normalized spacial score (nSPS) is 15.4. The second-order valence-electron chi connectivity index (χ2n) is 5.25. The summed E-state index contributed by atoms with van der Waals surface area (Å²) in [7, 11) is 1.67. The third kappa shape index (κ3) is 4.17. The number of hydrogen-bond donors (Lipinski definition) is 1. The Balaban J connectivity index is 1.47. The number of amides is 1. The third-order valence-corrected chi connectivity index (χ3v) is 4.39. The van der Waals surface area contributed by atoms with Gasteiger partial charge in [0.2, 0.25) is 11.0 Å². The van der Waals surface area contributed by atoms with Crippen molar-refractivity contribution in [3.63, 3.8) is 0 Å². The lowest BCUT2D eigenvalue weighted by Crippen LogP contribution is -2.48. The monoisotopic (exact) mass is 333 g/mol. The summed E-state index contributed by atoms with van der Waals surface area (Å²) in [5, 5.41) is 10.8. The lowest BCUT2D eigenvalue weighted by molar-refractivity contribution is -0.117. The van der Waals surface area contributed by atoms with Gasteiger partial charge in [0, 0.05) is 31.9 Å². The lowest BCUT2D eigenvalue weighted by atomic mass is 10.2. The topological polar surface area (TPSA) is 70.6 Å².